The summed E-state index contributed by atoms with van der Waals surface area (Å²) in [6.07, 6.45) is 1.99. The number of hydrogen-bond acceptors (Lipinski definition) is 4. The van der Waals surface area contributed by atoms with Gasteiger partial charge in [0.05, 0.1) is 6.04 Å². The van der Waals surface area contributed by atoms with Gasteiger partial charge < -0.3 is 15.5 Å². The number of fused-ring (bicyclic) bond motifs is 1. The maximum atomic E-state index is 5.56. The highest BCUT2D eigenvalue weighted by Gasteiger charge is 2.35. The number of nitrogens with one attached hydrogen (secondary N) is 1. The summed E-state index contributed by atoms with van der Waals surface area (Å²) in [5, 5.41) is 3.25. The van der Waals surface area contributed by atoms with E-state index in [1.165, 1.54) is 0 Å². The van der Waals surface area contributed by atoms with E-state index in [0.29, 0.717) is 0 Å². The van der Waals surface area contributed by atoms with Gasteiger partial charge in [0.15, 0.2) is 0 Å². The third-order valence-corrected chi connectivity index (χ3v) is 2.82. The zero-order valence-electron chi connectivity index (χ0n) is 8.92. The summed E-state index contributed by atoms with van der Waals surface area (Å²) in [5.74, 6) is 0.943. The van der Waals surface area contributed by atoms with E-state index in [2.05, 4.69) is 24.1 Å². The Hall–Kier alpha value is -1.03. The molecule has 1 aromatic rings. The molecule has 14 heavy (non-hydrogen) atoms. The van der Waals surface area contributed by atoms with Crippen LogP contribution in [0.25, 0.3) is 0 Å². The second-order valence-corrected chi connectivity index (χ2v) is 4.75. The van der Waals surface area contributed by atoms with Crippen LogP contribution >= 0.6 is 0 Å². The van der Waals surface area contributed by atoms with Gasteiger partial charge in [-0.05, 0) is 18.9 Å². The zero-order valence-corrected chi connectivity index (χ0v) is 8.92. The molecule has 3 N–H and O–H groups in total. The van der Waals surface area contributed by atoms with Crippen LogP contribution in [-0.4, -0.2) is 12.0 Å². The fraction of sp³-hybridized carbons (Fsp3) is 0.700. The molecule has 1 heterocycles. The van der Waals surface area contributed by atoms with E-state index in [-0.39, 0.29) is 17.5 Å². The van der Waals surface area contributed by atoms with E-state index >= 15 is 0 Å². The zero-order chi connectivity index (χ0) is 10.3. The normalized spacial score (nSPS) is 24.6. The topological polar surface area (TPSA) is 64.1 Å². The van der Waals surface area contributed by atoms with Crippen molar-refractivity contribution in [1.29, 1.82) is 0 Å². The summed E-state index contributed by atoms with van der Waals surface area (Å²) in [4.78, 5) is 4.22. The van der Waals surface area contributed by atoms with Crippen LogP contribution in [0, 0.1) is 5.41 Å². The smallest absolute Gasteiger partial charge is 0.292 e. The quantitative estimate of drug-likeness (QED) is 0.712. The lowest BCUT2D eigenvalue weighted by Gasteiger charge is -2.33. The van der Waals surface area contributed by atoms with Crippen molar-refractivity contribution in [3.8, 4) is 0 Å². The van der Waals surface area contributed by atoms with Crippen molar-refractivity contribution in [2.75, 3.05) is 12.8 Å². The highest BCUT2D eigenvalue weighted by atomic mass is 16.4. The largest absolute Gasteiger partial charge is 0.429 e. The second kappa shape index (κ2) is 2.98. The molecular weight excluding hydrogens is 178 g/mol. The van der Waals surface area contributed by atoms with Crippen molar-refractivity contribution in [1.82, 2.24) is 10.3 Å². The summed E-state index contributed by atoms with van der Waals surface area (Å²) in [6, 6.07) is 0.558. The van der Waals surface area contributed by atoms with Crippen LogP contribution in [0.4, 0.5) is 6.01 Å². The molecule has 1 atom stereocenters. The highest BCUT2D eigenvalue weighted by Crippen LogP contribution is 2.40. The molecule has 1 aliphatic rings. The van der Waals surface area contributed by atoms with Crippen LogP contribution in [-0.2, 0) is 6.42 Å². The lowest BCUT2D eigenvalue weighted by molar-refractivity contribution is 0.241. The molecule has 4 nitrogen and oxygen atoms in total. The number of nitrogens with zero attached hydrogens (tertiary/aromatic N) is 1. The maximum absolute atomic E-state index is 5.56. The van der Waals surface area contributed by atoms with E-state index in [1.54, 1.807) is 0 Å². The van der Waals surface area contributed by atoms with Crippen molar-refractivity contribution >= 4 is 6.01 Å². The summed E-state index contributed by atoms with van der Waals surface area (Å²) in [5.41, 5.74) is 6.80. The van der Waals surface area contributed by atoms with Crippen molar-refractivity contribution < 1.29 is 4.42 Å². The minimum atomic E-state index is 0.257. The molecule has 0 radical (unpaired) electrons. The molecule has 4 heteroatoms. The number of nitrogens with two attached hydrogens (primary N) is 1. The Morgan fingerprint density at radius 3 is 2.93 bits per heavy atom. The molecule has 0 amide bonds. The van der Waals surface area contributed by atoms with E-state index in [0.717, 1.165) is 24.3 Å². The number of rotatable bonds is 1. The van der Waals surface area contributed by atoms with Gasteiger partial charge in [-0.2, -0.15) is 4.98 Å². The fourth-order valence-electron chi connectivity index (χ4n) is 2.18. The Morgan fingerprint density at radius 1 is 1.57 bits per heavy atom. The average molecular weight is 195 g/mol. The van der Waals surface area contributed by atoms with Crippen molar-refractivity contribution in [2.24, 2.45) is 5.41 Å². The molecule has 0 bridgehead atoms. The fourth-order valence-corrected chi connectivity index (χ4v) is 2.18. The third-order valence-electron chi connectivity index (χ3n) is 2.82. The Morgan fingerprint density at radius 2 is 2.29 bits per heavy atom. The Labute approximate surface area is 83.9 Å². The van der Waals surface area contributed by atoms with Crippen LogP contribution < -0.4 is 11.1 Å². The predicted octanol–water partition coefficient (Wildman–Crippen LogP) is 1.49. The lowest BCUT2D eigenvalue weighted by Crippen LogP contribution is -2.31. The minimum absolute atomic E-state index is 0.257. The molecule has 2 rings (SSSR count). The standard InChI is InChI=1S/C10H17N3O/c1-10(2)4-6(12-3)8-7(5-10)14-9(11)13-8/h6,12H,4-5H2,1-3H3,(H2,11,13). The molecule has 0 aromatic carbocycles. The molecule has 1 aliphatic carbocycles. The maximum Gasteiger partial charge on any atom is 0.292 e. The number of oxazole rings is 1. The first-order chi connectivity index (χ1) is 6.52. The molecule has 0 aliphatic heterocycles. The van der Waals surface area contributed by atoms with Gasteiger partial charge in [0.1, 0.15) is 11.5 Å². The minimum Gasteiger partial charge on any atom is -0.429 e. The summed E-state index contributed by atoms with van der Waals surface area (Å²) in [7, 11) is 1.95. The number of aromatic nitrogens is 1. The monoisotopic (exact) mass is 195 g/mol. The Balaban J connectivity index is 2.40. The number of anilines is 1. The molecular formula is C10H17N3O. The van der Waals surface area contributed by atoms with Crippen LogP contribution in [0.3, 0.4) is 0 Å². The van der Waals surface area contributed by atoms with Crippen LogP contribution in [0.2, 0.25) is 0 Å². The molecule has 0 spiro atoms. The van der Waals surface area contributed by atoms with Gasteiger partial charge in [-0.3, -0.25) is 0 Å². The Kier molecular flexibility index (Phi) is 2.03. The van der Waals surface area contributed by atoms with Gasteiger partial charge in [0.25, 0.3) is 6.01 Å². The van der Waals surface area contributed by atoms with Crippen LogP contribution in [0.15, 0.2) is 4.42 Å². The van der Waals surface area contributed by atoms with Crippen LogP contribution in [0.1, 0.15) is 37.8 Å². The first kappa shape index (κ1) is 9.52. The van der Waals surface area contributed by atoms with Crippen LogP contribution in [0.5, 0.6) is 0 Å². The van der Waals surface area contributed by atoms with E-state index < -0.39 is 0 Å². The van der Waals surface area contributed by atoms with Gasteiger partial charge in [-0.1, -0.05) is 13.8 Å². The summed E-state index contributed by atoms with van der Waals surface area (Å²) < 4.78 is 5.40. The van der Waals surface area contributed by atoms with E-state index in [1.807, 2.05) is 7.05 Å². The highest BCUT2D eigenvalue weighted by molar-refractivity contribution is 5.26. The first-order valence-electron chi connectivity index (χ1n) is 4.94. The summed E-state index contributed by atoms with van der Waals surface area (Å²) in [6.45, 7) is 4.47. The first-order valence-corrected chi connectivity index (χ1v) is 4.94. The van der Waals surface area contributed by atoms with Crippen molar-refractivity contribution in [3.63, 3.8) is 0 Å². The van der Waals surface area contributed by atoms with Crippen molar-refractivity contribution in [2.45, 2.75) is 32.7 Å². The molecule has 0 saturated heterocycles. The predicted molar refractivity (Wildman–Crippen MR) is 54.8 cm³/mol. The van der Waals surface area contributed by atoms with E-state index in [4.69, 9.17) is 10.2 Å². The number of nitrogen functional groups attached to an aromatic ring is 1. The van der Waals surface area contributed by atoms with E-state index in [9.17, 15) is 0 Å². The SMILES string of the molecule is CNC1CC(C)(C)Cc2oc(N)nc21. The molecule has 78 valence electrons. The molecule has 1 aromatic heterocycles. The van der Waals surface area contributed by atoms with Gasteiger partial charge >= 0.3 is 0 Å². The summed E-state index contributed by atoms with van der Waals surface area (Å²) >= 11 is 0. The lowest BCUT2D eigenvalue weighted by atomic mass is 9.76. The van der Waals surface area contributed by atoms with Gasteiger partial charge in [-0.15, -0.1) is 0 Å². The molecule has 0 fully saturated rings. The number of hydrogen-bond donors (Lipinski definition) is 2. The van der Waals surface area contributed by atoms with Gasteiger partial charge in [0, 0.05) is 6.42 Å². The van der Waals surface area contributed by atoms with Gasteiger partial charge in [-0.25, -0.2) is 0 Å². The second-order valence-electron chi connectivity index (χ2n) is 4.75. The van der Waals surface area contributed by atoms with Gasteiger partial charge in [0.2, 0.25) is 0 Å². The average Bonchev–Trinajstić information content (AvgIpc) is 2.41. The third kappa shape index (κ3) is 1.50. The molecule has 1 unspecified atom stereocenters. The van der Waals surface area contributed by atoms with Crippen molar-refractivity contribution in [3.05, 3.63) is 11.5 Å². The molecule has 0 saturated carbocycles. The Bertz CT molecular complexity index is 343.